The van der Waals surface area contributed by atoms with Crippen LogP contribution in [0.1, 0.15) is 49.7 Å². The smallest absolute Gasteiger partial charge is 0.407 e. The summed E-state index contributed by atoms with van der Waals surface area (Å²) < 4.78 is 39.0. The molecule has 0 spiro atoms. The molecule has 0 bridgehead atoms. The average molecular weight is 484 g/mol. The first kappa shape index (κ1) is 22.7. The van der Waals surface area contributed by atoms with E-state index in [1.54, 1.807) is 18.2 Å². The molecule has 2 N–H and O–H groups in total. The third-order valence-corrected chi connectivity index (χ3v) is 8.34. The van der Waals surface area contributed by atoms with E-state index in [1.165, 1.54) is 7.11 Å². The highest BCUT2D eigenvalue weighted by molar-refractivity contribution is 7.90. The summed E-state index contributed by atoms with van der Waals surface area (Å²) in [5.74, 6) is 0.780. The molecule has 1 heterocycles. The second-order valence-electron chi connectivity index (χ2n) is 9.27. The van der Waals surface area contributed by atoms with Gasteiger partial charge in [-0.2, -0.15) is 0 Å². The number of nitrogens with zero attached hydrogens (tertiary/aromatic N) is 1. The van der Waals surface area contributed by atoms with Crippen LogP contribution in [0.3, 0.4) is 0 Å². The fraction of sp³-hybridized carbons (Fsp3) is 0.440. The molecule has 2 aromatic carbocycles. The number of amidine groups is 1. The van der Waals surface area contributed by atoms with Gasteiger partial charge in [-0.15, -0.1) is 0 Å². The molecule has 2 fully saturated rings. The second-order valence-corrected chi connectivity index (χ2v) is 10.9. The van der Waals surface area contributed by atoms with Gasteiger partial charge in [0.25, 0.3) is 10.0 Å². The predicted molar refractivity (Wildman–Crippen MR) is 128 cm³/mol. The van der Waals surface area contributed by atoms with Crippen molar-refractivity contribution in [1.29, 1.82) is 0 Å². The summed E-state index contributed by atoms with van der Waals surface area (Å²) in [6.07, 6.45) is 4.59. The molecule has 34 heavy (non-hydrogen) atoms. The summed E-state index contributed by atoms with van der Waals surface area (Å²) in [6, 6.07) is 15.4. The van der Waals surface area contributed by atoms with E-state index in [-0.39, 0.29) is 28.5 Å². The number of methoxy groups -OCH3 is 1. The van der Waals surface area contributed by atoms with Gasteiger partial charge in [0.05, 0.1) is 19.2 Å². The van der Waals surface area contributed by atoms with Gasteiger partial charge in [0.2, 0.25) is 0 Å². The number of rotatable bonds is 6. The highest BCUT2D eigenvalue weighted by Crippen LogP contribution is 2.41. The van der Waals surface area contributed by atoms with E-state index in [1.807, 2.05) is 18.2 Å². The van der Waals surface area contributed by atoms with Crippen molar-refractivity contribution >= 4 is 22.0 Å². The van der Waals surface area contributed by atoms with E-state index in [0.717, 1.165) is 44.1 Å². The molecule has 3 aliphatic rings. The van der Waals surface area contributed by atoms with Crippen molar-refractivity contribution in [3.63, 3.8) is 0 Å². The minimum absolute atomic E-state index is 0.131. The number of ether oxygens (including phenoxy) is 2. The van der Waals surface area contributed by atoms with Gasteiger partial charge in [-0.25, -0.2) is 13.2 Å². The Labute approximate surface area is 199 Å². The Morgan fingerprint density at radius 1 is 1.09 bits per heavy atom. The van der Waals surface area contributed by atoms with Gasteiger partial charge < -0.3 is 14.8 Å². The lowest BCUT2D eigenvalue weighted by Crippen LogP contribution is -2.40. The molecule has 0 aromatic heterocycles. The summed E-state index contributed by atoms with van der Waals surface area (Å²) >= 11 is 0. The summed E-state index contributed by atoms with van der Waals surface area (Å²) in [4.78, 5) is 17.1. The predicted octanol–water partition coefficient (Wildman–Crippen LogP) is 3.50. The molecule has 2 aliphatic carbocycles. The van der Waals surface area contributed by atoms with Crippen LogP contribution in [-0.2, 0) is 20.2 Å². The molecule has 180 valence electrons. The van der Waals surface area contributed by atoms with Gasteiger partial charge in [-0.3, -0.25) is 9.71 Å². The zero-order valence-electron chi connectivity index (χ0n) is 19.1. The maximum atomic E-state index is 12.7. The van der Waals surface area contributed by atoms with Gasteiger partial charge >= 0.3 is 6.09 Å². The van der Waals surface area contributed by atoms with Crippen LogP contribution >= 0.6 is 0 Å². The van der Waals surface area contributed by atoms with Crippen molar-refractivity contribution in [2.75, 3.05) is 13.7 Å². The Balaban J connectivity index is 1.39. The molecule has 0 atom stereocenters. The van der Waals surface area contributed by atoms with Crippen LogP contribution in [0.4, 0.5) is 4.79 Å². The van der Waals surface area contributed by atoms with E-state index in [0.29, 0.717) is 23.7 Å². The van der Waals surface area contributed by atoms with Crippen molar-refractivity contribution < 1.29 is 22.7 Å². The molecule has 2 aromatic rings. The maximum absolute atomic E-state index is 12.7. The summed E-state index contributed by atoms with van der Waals surface area (Å²) in [6.45, 7) is 0.410. The van der Waals surface area contributed by atoms with Gasteiger partial charge in [-0.05, 0) is 56.2 Å². The molecular formula is C25H29N3O5S. The van der Waals surface area contributed by atoms with Crippen LogP contribution in [0.25, 0.3) is 0 Å². The number of hydrogen-bond acceptors (Lipinski definition) is 6. The highest BCUT2D eigenvalue weighted by atomic mass is 32.2. The Morgan fingerprint density at radius 2 is 1.82 bits per heavy atom. The van der Waals surface area contributed by atoms with E-state index in [4.69, 9.17) is 14.5 Å². The molecule has 0 unspecified atom stereocenters. The molecule has 1 aliphatic heterocycles. The van der Waals surface area contributed by atoms with Crippen molar-refractivity contribution in [1.82, 2.24) is 10.0 Å². The normalized spacial score (nSPS) is 26.4. The number of sulfonamides is 1. The third kappa shape index (κ3) is 4.49. The van der Waals surface area contributed by atoms with Gasteiger partial charge in [0.1, 0.15) is 22.6 Å². The van der Waals surface area contributed by atoms with Gasteiger partial charge in [0, 0.05) is 11.5 Å². The number of hydrogen-bond donors (Lipinski definition) is 2. The number of benzene rings is 2. The number of aliphatic imine (C=N–C) groups is 1. The van der Waals surface area contributed by atoms with E-state index in [2.05, 4.69) is 22.2 Å². The van der Waals surface area contributed by atoms with Gasteiger partial charge in [-0.1, -0.05) is 36.4 Å². The molecule has 2 saturated carbocycles. The zero-order chi connectivity index (χ0) is 23.8. The van der Waals surface area contributed by atoms with Gasteiger partial charge in [0.15, 0.2) is 0 Å². The van der Waals surface area contributed by atoms with E-state index < -0.39 is 10.0 Å². The Kier molecular flexibility index (Phi) is 5.97. The molecule has 0 saturated heterocycles. The topological polar surface area (TPSA) is 106 Å². The fourth-order valence-electron chi connectivity index (χ4n) is 4.88. The lowest BCUT2D eigenvalue weighted by atomic mass is 9.68. The van der Waals surface area contributed by atoms with Crippen LogP contribution < -0.4 is 14.8 Å². The summed E-state index contributed by atoms with van der Waals surface area (Å²) in [5, 5.41) is 2.88. The Morgan fingerprint density at radius 3 is 2.50 bits per heavy atom. The summed E-state index contributed by atoms with van der Waals surface area (Å²) in [7, 11) is -2.16. The monoisotopic (exact) mass is 483 g/mol. The molecule has 8 nitrogen and oxygen atoms in total. The van der Waals surface area contributed by atoms with Crippen molar-refractivity contribution in [3.05, 3.63) is 59.7 Å². The number of carbonyl (C=O) groups is 1. The third-order valence-electron chi connectivity index (χ3n) is 6.95. The van der Waals surface area contributed by atoms with Crippen LogP contribution in [0.2, 0.25) is 0 Å². The first-order valence-electron chi connectivity index (χ1n) is 11.7. The standard InChI is InChI=1S/C25H29N3O5S/c1-32-20-8-5-9-21-22(20)23(28-34(21,30)31)26-16-25(17-6-3-2-4-7-17)14-12-19(13-15-25)33-24(29)27-18-10-11-18/h2-9,18-19H,10-16H2,1H3,(H,26,28)(H,27,29). The first-order valence-corrected chi connectivity index (χ1v) is 13.2. The van der Waals surface area contributed by atoms with E-state index in [9.17, 15) is 13.2 Å². The fourth-order valence-corrected chi connectivity index (χ4v) is 6.14. The van der Waals surface area contributed by atoms with Crippen LogP contribution in [-0.4, -0.2) is 46.1 Å². The van der Waals surface area contributed by atoms with Crippen LogP contribution in [0, 0.1) is 0 Å². The van der Waals surface area contributed by atoms with Crippen LogP contribution in [0.5, 0.6) is 5.75 Å². The van der Waals surface area contributed by atoms with Crippen molar-refractivity contribution in [3.8, 4) is 5.75 Å². The molecular weight excluding hydrogens is 454 g/mol. The number of carbonyl (C=O) groups excluding carboxylic acids is 1. The second kappa shape index (κ2) is 8.94. The Hall–Kier alpha value is -3.07. The Bertz CT molecular complexity index is 1200. The first-order chi connectivity index (χ1) is 16.4. The average Bonchev–Trinajstić information content (AvgIpc) is 3.62. The minimum atomic E-state index is -3.68. The number of nitrogens with one attached hydrogen (secondary N) is 2. The van der Waals surface area contributed by atoms with Crippen molar-refractivity contribution in [2.24, 2.45) is 4.99 Å². The SMILES string of the molecule is COc1cccc2c1C(=NCC1(c3ccccc3)CCC(OC(=O)NC3CC3)CC1)NS2(=O)=O. The number of amides is 1. The molecule has 1 amide bonds. The number of fused-ring (bicyclic) bond motifs is 1. The number of alkyl carbamates (subject to hydrolysis) is 1. The van der Waals surface area contributed by atoms with Crippen molar-refractivity contribution in [2.45, 2.75) is 61.0 Å². The largest absolute Gasteiger partial charge is 0.496 e. The lowest BCUT2D eigenvalue weighted by Gasteiger charge is -2.39. The maximum Gasteiger partial charge on any atom is 0.407 e. The summed E-state index contributed by atoms with van der Waals surface area (Å²) in [5.41, 5.74) is 1.35. The molecule has 0 radical (unpaired) electrons. The lowest BCUT2D eigenvalue weighted by molar-refractivity contribution is 0.0582. The molecule has 5 rings (SSSR count). The zero-order valence-corrected chi connectivity index (χ0v) is 19.9. The van der Waals surface area contributed by atoms with E-state index >= 15 is 0 Å². The highest BCUT2D eigenvalue weighted by Gasteiger charge is 2.40. The molecule has 9 heteroatoms. The minimum Gasteiger partial charge on any atom is -0.496 e. The quantitative estimate of drug-likeness (QED) is 0.654. The van der Waals surface area contributed by atoms with Crippen LogP contribution in [0.15, 0.2) is 58.4 Å².